The number of cyclic esters (lactones) is 2. The second-order valence-corrected chi connectivity index (χ2v) is 23.9. The van der Waals surface area contributed by atoms with E-state index < -0.39 is 36.5 Å². The van der Waals surface area contributed by atoms with Crippen molar-refractivity contribution >= 4 is 11.9 Å². The molecule has 0 aromatic heterocycles. The fourth-order valence-electron chi connectivity index (χ4n) is 11.1. The number of carbonyl (C=O) groups excluding carboxylic acids is 2. The van der Waals surface area contributed by atoms with E-state index in [1.54, 1.807) is 0 Å². The third-order valence-corrected chi connectivity index (χ3v) is 16.5. The number of esters is 2. The zero-order valence-electron chi connectivity index (χ0n) is 49.2. The molecule has 1 heterocycles. The van der Waals surface area contributed by atoms with Crippen molar-refractivity contribution < 1.29 is 29.3 Å². The molecule has 0 radical (unpaired) electrons. The van der Waals surface area contributed by atoms with Crippen molar-refractivity contribution in [3.63, 3.8) is 0 Å². The summed E-state index contributed by atoms with van der Waals surface area (Å²) in [6.45, 7) is 1.21. The number of hydrogen-bond donors (Lipinski definition) is 2. The van der Waals surface area contributed by atoms with Crippen LogP contribution in [0.3, 0.4) is 0 Å². The predicted molar refractivity (Wildman–Crippen MR) is 315 cm³/mol. The van der Waals surface area contributed by atoms with Crippen LogP contribution in [0.2, 0.25) is 0 Å². The van der Waals surface area contributed by atoms with Crippen molar-refractivity contribution in [3.05, 3.63) is 12.2 Å². The number of ether oxygens (including phenoxy) is 2. The van der Waals surface area contributed by atoms with E-state index in [1.165, 1.54) is 327 Å². The van der Waals surface area contributed by atoms with Gasteiger partial charge in [-0.1, -0.05) is 340 Å². The van der Waals surface area contributed by atoms with Gasteiger partial charge in [0.1, 0.15) is 13.2 Å². The fourth-order valence-corrected chi connectivity index (χ4v) is 11.1. The predicted octanol–water partition coefficient (Wildman–Crippen LogP) is 21.1. The number of allylic oxidation sites excluding steroid dienone is 2. The Kier molecular flexibility index (Phi) is 54.2. The summed E-state index contributed by atoms with van der Waals surface area (Å²) in [5.41, 5.74) is -1.12. The van der Waals surface area contributed by atoms with E-state index in [0.717, 1.165) is 19.3 Å². The van der Waals surface area contributed by atoms with Crippen LogP contribution in [0.15, 0.2) is 12.2 Å². The van der Waals surface area contributed by atoms with Crippen LogP contribution in [0.25, 0.3) is 0 Å². The van der Waals surface area contributed by atoms with Crippen LogP contribution in [0.4, 0.5) is 0 Å². The smallest absolute Gasteiger partial charge is 0.309 e. The van der Waals surface area contributed by atoms with Crippen LogP contribution in [0, 0.1) is 11.3 Å². The van der Waals surface area contributed by atoms with Crippen LogP contribution in [0.1, 0.15) is 366 Å². The Bertz CT molecular complexity index is 1150. The first-order valence-electron chi connectivity index (χ1n) is 33.3. The molecule has 0 aromatic carbocycles. The number of unbranched alkanes of at least 4 members (excludes halogenated alkanes) is 52. The zero-order chi connectivity index (χ0) is 52.5. The van der Waals surface area contributed by atoms with Crippen LogP contribution < -0.4 is 0 Å². The molecule has 0 aromatic rings. The van der Waals surface area contributed by atoms with Gasteiger partial charge in [-0.2, -0.15) is 0 Å². The highest BCUT2D eigenvalue weighted by Crippen LogP contribution is 2.25. The van der Waals surface area contributed by atoms with Crippen molar-refractivity contribution in [3.8, 4) is 0 Å². The van der Waals surface area contributed by atoms with Gasteiger partial charge >= 0.3 is 11.9 Å². The van der Waals surface area contributed by atoms with Gasteiger partial charge in [0.05, 0.1) is 31.0 Å². The summed E-state index contributed by atoms with van der Waals surface area (Å²) in [6, 6.07) is 0. The molecule has 1 aliphatic heterocycles. The number of hydrogen-bond acceptors (Lipinski definition) is 6. The first kappa shape index (κ1) is 69.6. The Morgan fingerprint density at radius 1 is 0.356 bits per heavy atom. The topological polar surface area (TPSA) is 93.1 Å². The minimum Gasteiger partial charge on any atom is -0.465 e. The molecule has 1 unspecified atom stereocenters. The summed E-state index contributed by atoms with van der Waals surface area (Å²) in [5.74, 6) is -1.40. The van der Waals surface area contributed by atoms with E-state index in [4.69, 9.17) is 9.47 Å². The molecular formula is C67H128O6. The maximum Gasteiger partial charge on any atom is 0.309 e. The first-order chi connectivity index (χ1) is 36.1. The van der Waals surface area contributed by atoms with Crippen molar-refractivity contribution in [2.45, 2.75) is 366 Å². The quantitative estimate of drug-likeness (QED) is 0.0358. The van der Waals surface area contributed by atoms with E-state index >= 15 is 0 Å². The third kappa shape index (κ3) is 48.7. The van der Waals surface area contributed by atoms with Gasteiger partial charge in [-0.15, -0.1) is 0 Å². The molecule has 1 atom stereocenters. The van der Waals surface area contributed by atoms with E-state index in [-0.39, 0.29) is 19.6 Å². The van der Waals surface area contributed by atoms with Gasteiger partial charge in [-0.25, -0.2) is 0 Å². The Labute approximate surface area is 455 Å². The molecule has 6 heteroatoms. The Morgan fingerprint density at radius 2 is 0.589 bits per heavy atom. The lowest BCUT2D eigenvalue weighted by Crippen LogP contribution is -2.40. The highest BCUT2D eigenvalue weighted by Gasteiger charge is 2.36. The SMILES string of the molecule is CCCCCCCCCCCCCCCCCCCCCCCCCCCCCCCCCCCCCCC/C=C/CCCCCCCCCCCCCCCCCC1CC(=O)OCC(CO)(CO)COC1=O. The maximum absolute atomic E-state index is 12.5. The van der Waals surface area contributed by atoms with Gasteiger partial charge in [-0.05, 0) is 32.1 Å². The van der Waals surface area contributed by atoms with Gasteiger partial charge in [0, 0.05) is 0 Å². The number of carbonyl (C=O) groups is 2. The Morgan fingerprint density at radius 3 is 0.849 bits per heavy atom. The molecular weight excluding hydrogens is 901 g/mol. The molecule has 0 saturated carbocycles. The lowest BCUT2D eigenvalue weighted by Gasteiger charge is -2.27. The van der Waals surface area contributed by atoms with Crippen LogP contribution in [-0.2, 0) is 19.1 Å². The van der Waals surface area contributed by atoms with Gasteiger partial charge < -0.3 is 19.7 Å². The normalized spacial score (nSPS) is 15.2. The van der Waals surface area contributed by atoms with E-state index in [2.05, 4.69) is 19.1 Å². The second kappa shape index (κ2) is 56.8. The Hall–Kier alpha value is -1.40. The summed E-state index contributed by atoms with van der Waals surface area (Å²) < 4.78 is 10.6. The lowest BCUT2D eigenvalue weighted by molar-refractivity contribution is -0.155. The van der Waals surface area contributed by atoms with E-state index in [0.29, 0.717) is 6.42 Å². The molecule has 0 spiro atoms. The average Bonchev–Trinajstić information content (AvgIpc) is 3.46. The molecule has 6 nitrogen and oxygen atoms in total. The molecule has 1 rings (SSSR count). The molecule has 1 fully saturated rings. The van der Waals surface area contributed by atoms with Crippen molar-refractivity contribution in [2.75, 3.05) is 26.4 Å². The summed E-state index contributed by atoms with van der Waals surface area (Å²) in [7, 11) is 0. The second-order valence-electron chi connectivity index (χ2n) is 23.9. The molecule has 1 aliphatic rings. The summed E-state index contributed by atoms with van der Waals surface area (Å²) in [6.07, 6.45) is 81.7. The third-order valence-electron chi connectivity index (χ3n) is 16.5. The minimum atomic E-state index is -1.12. The summed E-state index contributed by atoms with van der Waals surface area (Å²) >= 11 is 0. The number of aliphatic hydroxyl groups is 2. The first-order valence-corrected chi connectivity index (χ1v) is 33.3. The molecule has 432 valence electrons. The van der Waals surface area contributed by atoms with E-state index in [1.807, 2.05) is 0 Å². The highest BCUT2D eigenvalue weighted by molar-refractivity contribution is 5.80. The standard InChI is InChI=1S/C67H128O6/c1-2-3-4-5-6-7-8-9-10-11-12-13-14-15-16-17-18-19-20-21-22-23-24-25-26-27-28-29-30-31-32-33-34-35-36-37-38-39-40-41-42-43-44-45-46-47-48-49-50-51-52-53-54-55-56-57-58-64-59-65(70)72-62-67(60-68,61-69)63-73-66(64)71/h40-41,64,68-69H,2-39,42-63H2,1H3/b41-40+. The van der Waals surface area contributed by atoms with Crippen LogP contribution >= 0.6 is 0 Å². The van der Waals surface area contributed by atoms with Crippen LogP contribution in [0.5, 0.6) is 0 Å². The maximum atomic E-state index is 12.5. The Balaban J connectivity index is 1.68. The van der Waals surface area contributed by atoms with E-state index in [9.17, 15) is 19.8 Å². The van der Waals surface area contributed by atoms with Gasteiger partial charge in [0.25, 0.3) is 0 Å². The number of rotatable bonds is 58. The zero-order valence-corrected chi connectivity index (χ0v) is 49.2. The largest absolute Gasteiger partial charge is 0.465 e. The molecule has 0 aliphatic carbocycles. The van der Waals surface area contributed by atoms with Gasteiger partial charge in [0.15, 0.2) is 0 Å². The summed E-state index contributed by atoms with van der Waals surface area (Å²) in [5, 5.41) is 19.2. The molecule has 0 amide bonds. The fraction of sp³-hybridized carbons (Fsp3) is 0.940. The summed E-state index contributed by atoms with van der Waals surface area (Å²) in [4.78, 5) is 24.7. The average molecular weight is 1030 g/mol. The van der Waals surface area contributed by atoms with Gasteiger partial charge in [0.2, 0.25) is 0 Å². The van der Waals surface area contributed by atoms with Crippen molar-refractivity contribution in [1.29, 1.82) is 0 Å². The molecule has 0 bridgehead atoms. The minimum absolute atomic E-state index is 0.00320. The highest BCUT2D eigenvalue weighted by atomic mass is 16.6. The van der Waals surface area contributed by atoms with Gasteiger partial charge in [-0.3, -0.25) is 9.59 Å². The van der Waals surface area contributed by atoms with Crippen LogP contribution in [-0.4, -0.2) is 48.6 Å². The molecule has 1 saturated heterocycles. The molecule has 73 heavy (non-hydrogen) atoms. The van der Waals surface area contributed by atoms with Crippen molar-refractivity contribution in [1.82, 2.24) is 0 Å². The number of aliphatic hydroxyl groups excluding tert-OH is 2. The lowest BCUT2D eigenvalue weighted by atomic mass is 9.92. The van der Waals surface area contributed by atoms with Crippen molar-refractivity contribution in [2.24, 2.45) is 11.3 Å². The molecule has 2 N–H and O–H groups in total. The monoisotopic (exact) mass is 1030 g/mol.